The Kier molecular flexibility index (Phi) is 4.52. The Balaban J connectivity index is 2.22. The Hall–Kier alpha value is -2.74. The van der Waals surface area contributed by atoms with Crippen LogP contribution in [0.25, 0.3) is 0 Å². The van der Waals surface area contributed by atoms with Crippen LogP contribution in [0.15, 0.2) is 58.5 Å². The number of benzene rings is 2. The van der Waals surface area contributed by atoms with Crippen LogP contribution in [0.5, 0.6) is 0 Å². The van der Waals surface area contributed by atoms with Crippen molar-refractivity contribution in [2.75, 3.05) is 0 Å². The molecular weight excluding hydrogens is 306 g/mol. The number of sulfonamides is 1. The zero-order chi connectivity index (χ0) is 16.2. The van der Waals surface area contributed by atoms with Crippen molar-refractivity contribution in [3.8, 4) is 0 Å². The zero-order valence-electron chi connectivity index (χ0n) is 11.6. The summed E-state index contributed by atoms with van der Waals surface area (Å²) in [5.41, 5.74) is 1.27. The van der Waals surface area contributed by atoms with Gasteiger partial charge >= 0.3 is 0 Å². The van der Waals surface area contributed by atoms with Crippen LogP contribution in [0, 0.1) is 17.0 Å². The topological polar surface area (TPSA) is 102 Å². The van der Waals surface area contributed by atoms with Gasteiger partial charge in [-0.15, -0.1) is 0 Å². The highest BCUT2D eigenvalue weighted by molar-refractivity contribution is 7.89. The van der Waals surface area contributed by atoms with Crippen molar-refractivity contribution < 1.29 is 13.3 Å². The predicted octanol–water partition coefficient (Wildman–Crippen LogP) is 2.22. The number of hydrogen-bond acceptors (Lipinski definition) is 5. The highest BCUT2D eigenvalue weighted by atomic mass is 32.2. The molecule has 0 aliphatic heterocycles. The van der Waals surface area contributed by atoms with Crippen LogP contribution in [0.3, 0.4) is 0 Å². The molecule has 0 bridgehead atoms. The van der Waals surface area contributed by atoms with Gasteiger partial charge in [0.15, 0.2) is 4.90 Å². The minimum absolute atomic E-state index is 0.430. The molecule has 0 aliphatic rings. The van der Waals surface area contributed by atoms with E-state index in [1.165, 1.54) is 18.3 Å². The van der Waals surface area contributed by atoms with Gasteiger partial charge in [0, 0.05) is 6.07 Å². The van der Waals surface area contributed by atoms with Crippen molar-refractivity contribution in [3.63, 3.8) is 0 Å². The summed E-state index contributed by atoms with van der Waals surface area (Å²) in [5.74, 6) is 0. The molecule has 22 heavy (non-hydrogen) atoms. The van der Waals surface area contributed by atoms with Crippen molar-refractivity contribution in [2.45, 2.75) is 11.8 Å². The number of nitro groups is 1. The second-order valence-electron chi connectivity index (χ2n) is 4.49. The minimum Gasteiger partial charge on any atom is -0.258 e. The van der Waals surface area contributed by atoms with Crippen LogP contribution in [0.4, 0.5) is 5.69 Å². The first-order valence-electron chi connectivity index (χ1n) is 6.25. The van der Waals surface area contributed by atoms with E-state index in [0.29, 0.717) is 5.56 Å². The number of hydrazone groups is 1. The van der Waals surface area contributed by atoms with Crippen LogP contribution in [-0.4, -0.2) is 19.6 Å². The summed E-state index contributed by atoms with van der Waals surface area (Å²) in [5, 5.41) is 14.5. The Bertz CT molecular complexity index is 814. The molecule has 0 amide bonds. The van der Waals surface area contributed by atoms with Gasteiger partial charge in [-0.3, -0.25) is 10.1 Å². The monoisotopic (exact) mass is 319 g/mol. The molecule has 0 heterocycles. The molecule has 2 rings (SSSR count). The predicted molar refractivity (Wildman–Crippen MR) is 82.2 cm³/mol. The number of nitrogens with zero attached hydrogens (tertiary/aromatic N) is 2. The highest BCUT2D eigenvalue weighted by Gasteiger charge is 2.24. The van der Waals surface area contributed by atoms with Gasteiger partial charge in [-0.2, -0.15) is 18.4 Å². The number of rotatable bonds is 5. The summed E-state index contributed by atoms with van der Waals surface area (Å²) >= 11 is 0. The first-order valence-corrected chi connectivity index (χ1v) is 7.73. The number of nitro benzene ring substituents is 1. The van der Waals surface area contributed by atoms with Crippen molar-refractivity contribution in [2.24, 2.45) is 5.10 Å². The van der Waals surface area contributed by atoms with Crippen LogP contribution in [-0.2, 0) is 10.0 Å². The van der Waals surface area contributed by atoms with Crippen molar-refractivity contribution in [3.05, 3.63) is 69.8 Å². The molecule has 0 saturated heterocycles. The molecule has 2 aromatic rings. The van der Waals surface area contributed by atoms with Crippen LogP contribution >= 0.6 is 0 Å². The maximum absolute atomic E-state index is 12.1. The van der Waals surface area contributed by atoms with E-state index in [-0.39, 0.29) is 0 Å². The lowest BCUT2D eigenvalue weighted by Crippen LogP contribution is -2.19. The van der Waals surface area contributed by atoms with Crippen molar-refractivity contribution in [1.82, 2.24) is 4.83 Å². The van der Waals surface area contributed by atoms with Gasteiger partial charge in [-0.25, -0.2) is 0 Å². The molecule has 8 heteroatoms. The molecule has 0 aromatic heterocycles. The maximum atomic E-state index is 12.1. The first-order chi connectivity index (χ1) is 10.4. The molecule has 0 fully saturated rings. The fourth-order valence-corrected chi connectivity index (χ4v) is 2.67. The fourth-order valence-electron chi connectivity index (χ4n) is 1.71. The SMILES string of the molecule is Cc1ccc(/C=N/NS(=O)(=O)c2ccccc2[N+](=O)[O-])cc1. The summed E-state index contributed by atoms with van der Waals surface area (Å²) in [7, 11) is -4.10. The van der Waals surface area contributed by atoms with Crippen LogP contribution in [0.2, 0.25) is 0 Å². The molecular formula is C14H13N3O4S. The first kappa shape index (κ1) is 15.6. The van der Waals surface area contributed by atoms with Gasteiger partial charge < -0.3 is 0 Å². The number of hydrogen-bond donors (Lipinski definition) is 1. The van der Waals surface area contributed by atoms with Crippen LogP contribution in [0.1, 0.15) is 11.1 Å². The van der Waals surface area contributed by atoms with Crippen molar-refractivity contribution in [1.29, 1.82) is 0 Å². The van der Waals surface area contributed by atoms with E-state index in [0.717, 1.165) is 17.7 Å². The molecule has 7 nitrogen and oxygen atoms in total. The number of aryl methyl sites for hydroxylation is 1. The summed E-state index contributed by atoms with van der Waals surface area (Å²) in [4.78, 5) is 11.7. The Morgan fingerprint density at radius 3 is 2.41 bits per heavy atom. The molecule has 2 aromatic carbocycles. The van der Waals surface area contributed by atoms with E-state index in [4.69, 9.17) is 0 Å². The molecule has 114 valence electrons. The van der Waals surface area contributed by atoms with Gasteiger partial charge in [-0.1, -0.05) is 42.0 Å². The van der Waals surface area contributed by atoms with E-state index in [9.17, 15) is 18.5 Å². The number of nitrogens with one attached hydrogen (secondary N) is 1. The van der Waals surface area contributed by atoms with E-state index in [1.807, 2.05) is 23.9 Å². The second kappa shape index (κ2) is 6.35. The quantitative estimate of drug-likeness (QED) is 0.518. The molecule has 0 radical (unpaired) electrons. The van der Waals surface area contributed by atoms with E-state index in [2.05, 4.69) is 5.10 Å². The third-order valence-corrected chi connectivity index (χ3v) is 4.09. The zero-order valence-corrected chi connectivity index (χ0v) is 12.4. The highest BCUT2D eigenvalue weighted by Crippen LogP contribution is 2.22. The fraction of sp³-hybridized carbons (Fsp3) is 0.0714. The smallest absolute Gasteiger partial charge is 0.258 e. The lowest BCUT2D eigenvalue weighted by Gasteiger charge is -2.03. The Labute approximate surface area is 127 Å². The summed E-state index contributed by atoms with van der Waals surface area (Å²) in [6, 6.07) is 12.4. The summed E-state index contributed by atoms with van der Waals surface area (Å²) in [6.07, 6.45) is 1.33. The lowest BCUT2D eigenvalue weighted by molar-refractivity contribution is -0.387. The molecule has 1 N–H and O–H groups in total. The average Bonchev–Trinajstić information content (AvgIpc) is 2.49. The van der Waals surface area contributed by atoms with Gasteiger partial charge in [0.25, 0.3) is 15.7 Å². The van der Waals surface area contributed by atoms with Gasteiger partial charge in [0.05, 0.1) is 11.1 Å². The average molecular weight is 319 g/mol. The largest absolute Gasteiger partial charge is 0.289 e. The minimum atomic E-state index is -4.10. The molecule has 0 atom stereocenters. The van der Waals surface area contributed by atoms with E-state index >= 15 is 0 Å². The molecule has 0 spiro atoms. The van der Waals surface area contributed by atoms with E-state index in [1.54, 1.807) is 12.1 Å². The second-order valence-corrected chi connectivity index (χ2v) is 6.12. The van der Waals surface area contributed by atoms with Gasteiger partial charge in [0.1, 0.15) is 0 Å². The molecule has 0 unspecified atom stereocenters. The third-order valence-electron chi connectivity index (χ3n) is 2.82. The lowest BCUT2D eigenvalue weighted by atomic mass is 10.2. The Morgan fingerprint density at radius 2 is 1.77 bits per heavy atom. The molecule has 0 saturated carbocycles. The van der Waals surface area contributed by atoms with Gasteiger partial charge in [-0.05, 0) is 18.6 Å². The summed E-state index contributed by atoms with van der Waals surface area (Å²) in [6.45, 7) is 1.93. The molecule has 0 aliphatic carbocycles. The van der Waals surface area contributed by atoms with E-state index < -0.39 is 25.5 Å². The maximum Gasteiger partial charge on any atom is 0.289 e. The summed E-state index contributed by atoms with van der Waals surface area (Å²) < 4.78 is 24.1. The normalized spacial score (nSPS) is 11.5. The standard InChI is InChI=1S/C14H13N3O4S/c1-11-6-8-12(9-7-11)10-15-16-22(20,21)14-5-3-2-4-13(14)17(18)19/h2-10,16H,1H3/b15-10+. The Morgan fingerprint density at radius 1 is 1.14 bits per heavy atom. The van der Waals surface area contributed by atoms with Gasteiger partial charge in [0.2, 0.25) is 0 Å². The van der Waals surface area contributed by atoms with Crippen molar-refractivity contribution >= 4 is 21.9 Å². The third kappa shape index (κ3) is 3.67. The van der Waals surface area contributed by atoms with Crippen LogP contribution < -0.4 is 4.83 Å². The number of para-hydroxylation sites is 1.